The highest BCUT2D eigenvalue weighted by Crippen LogP contribution is 2.32. The molecule has 1 fully saturated rings. The van der Waals surface area contributed by atoms with E-state index in [2.05, 4.69) is 39.1 Å². The van der Waals surface area contributed by atoms with Crippen LogP contribution in [0.4, 0.5) is 0 Å². The first-order chi connectivity index (χ1) is 8.89. The lowest BCUT2D eigenvalue weighted by molar-refractivity contribution is -0.0134. The fourth-order valence-corrected chi connectivity index (χ4v) is 4.35. The molecule has 0 bridgehead atoms. The maximum absolute atomic E-state index is 10.7. The molecule has 2 N–H and O–H groups in total. The van der Waals surface area contributed by atoms with Gasteiger partial charge < -0.3 is 10.4 Å². The van der Waals surface area contributed by atoms with E-state index in [1.165, 1.54) is 21.7 Å². The molecule has 108 valence electrons. The van der Waals surface area contributed by atoms with E-state index in [4.69, 9.17) is 0 Å². The zero-order valence-electron chi connectivity index (χ0n) is 12.6. The highest BCUT2D eigenvalue weighted by Gasteiger charge is 2.32. The summed E-state index contributed by atoms with van der Waals surface area (Å²) < 4.78 is 0. The van der Waals surface area contributed by atoms with Gasteiger partial charge in [-0.25, -0.2) is 0 Å². The van der Waals surface area contributed by atoms with Gasteiger partial charge >= 0.3 is 0 Å². The molecule has 1 aliphatic carbocycles. The van der Waals surface area contributed by atoms with Gasteiger partial charge in [-0.1, -0.05) is 19.8 Å². The van der Waals surface area contributed by atoms with Gasteiger partial charge in [0.1, 0.15) is 0 Å². The Bertz CT molecular complexity index is 428. The van der Waals surface area contributed by atoms with Crippen molar-refractivity contribution in [2.45, 2.75) is 65.0 Å². The van der Waals surface area contributed by atoms with Crippen molar-refractivity contribution in [2.75, 3.05) is 6.54 Å². The van der Waals surface area contributed by atoms with Crippen LogP contribution in [0, 0.1) is 19.8 Å². The highest BCUT2D eigenvalue weighted by molar-refractivity contribution is 7.12. The number of aliphatic hydroxyl groups is 1. The van der Waals surface area contributed by atoms with Crippen molar-refractivity contribution in [1.29, 1.82) is 0 Å². The molecule has 1 aromatic heterocycles. The van der Waals surface area contributed by atoms with Crippen LogP contribution in [0.2, 0.25) is 0 Å². The maximum Gasteiger partial charge on any atom is 0.0774 e. The smallest absolute Gasteiger partial charge is 0.0774 e. The zero-order chi connectivity index (χ0) is 14.0. The van der Waals surface area contributed by atoms with Crippen molar-refractivity contribution in [1.82, 2.24) is 5.32 Å². The van der Waals surface area contributed by atoms with Gasteiger partial charge in [-0.2, -0.15) is 0 Å². The molecule has 1 aromatic rings. The normalized spacial score (nSPS) is 29.4. The monoisotopic (exact) mass is 281 g/mol. The summed E-state index contributed by atoms with van der Waals surface area (Å²) >= 11 is 1.86. The third-order valence-electron chi connectivity index (χ3n) is 4.35. The molecule has 1 saturated carbocycles. The van der Waals surface area contributed by atoms with E-state index in [1.54, 1.807) is 0 Å². The predicted molar refractivity (Wildman–Crippen MR) is 82.8 cm³/mol. The number of hydrogen-bond acceptors (Lipinski definition) is 3. The van der Waals surface area contributed by atoms with E-state index in [0.29, 0.717) is 18.5 Å². The zero-order valence-corrected chi connectivity index (χ0v) is 13.4. The Hall–Kier alpha value is -0.380. The average Bonchev–Trinajstić information content (AvgIpc) is 2.65. The lowest BCUT2D eigenvalue weighted by Crippen LogP contribution is -2.44. The van der Waals surface area contributed by atoms with Gasteiger partial charge in [0.2, 0.25) is 0 Å². The molecule has 0 spiro atoms. The van der Waals surface area contributed by atoms with Gasteiger partial charge in [0, 0.05) is 22.3 Å². The van der Waals surface area contributed by atoms with Crippen molar-refractivity contribution in [2.24, 2.45) is 5.92 Å². The van der Waals surface area contributed by atoms with E-state index in [0.717, 1.165) is 19.3 Å². The third-order valence-corrected chi connectivity index (χ3v) is 5.33. The molecular formula is C16H27NOS. The molecule has 3 unspecified atom stereocenters. The second kappa shape index (κ2) is 5.94. The third kappa shape index (κ3) is 3.80. The first-order valence-electron chi connectivity index (χ1n) is 7.42. The second-order valence-corrected chi connectivity index (χ2v) is 7.86. The largest absolute Gasteiger partial charge is 0.389 e. The summed E-state index contributed by atoms with van der Waals surface area (Å²) in [6.07, 6.45) is 4.30. The molecule has 0 aromatic carbocycles. The number of hydrogen-bond donors (Lipinski definition) is 2. The molecule has 3 atom stereocenters. The van der Waals surface area contributed by atoms with E-state index >= 15 is 0 Å². The molecule has 1 heterocycles. The first-order valence-corrected chi connectivity index (χ1v) is 8.24. The first kappa shape index (κ1) is 15.0. The quantitative estimate of drug-likeness (QED) is 0.875. The molecule has 0 aliphatic heterocycles. The van der Waals surface area contributed by atoms with E-state index in [1.807, 2.05) is 11.3 Å². The summed E-state index contributed by atoms with van der Waals surface area (Å²) in [4.78, 5) is 2.76. The van der Waals surface area contributed by atoms with Crippen LogP contribution in [0.5, 0.6) is 0 Å². The minimum Gasteiger partial charge on any atom is -0.389 e. The molecule has 0 amide bonds. The molecule has 2 rings (SSSR count). The van der Waals surface area contributed by atoms with Crippen LogP contribution in [0.3, 0.4) is 0 Å². The van der Waals surface area contributed by atoms with Crippen LogP contribution >= 0.6 is 11.3 Å². The molecule has 2 nitrogen and oxygen atoms in total. The topological polar surface area (TPSA) is 32.3 Å². The molecule has 0 saturated heterocycles. The fourth-order valence-electron chi connectivity index (χ4n) is 3.33. The summed E-state index contributed by atoms with van der Waals surface area (Å²) in [5.41, 5.74) is 0.889. The highest BCUT2D eigenvalue weighted by atomic mass is 32.1. The molecule has 0 radical (unpaired) electrons. The van der Waals surface area contributed by atoms with E-state index in [9.17, 15) is 5.11 Å². The van der Waals surface area contributed by atoms with E-state index in [-0.39, 0.29) is 0 Å². The molecule has 19 heavy (non-hydrogen) atoms. The predicted octanol–water partition coefficient (Wildman–Crippen LogP) is 3.96. The van der Waals surface area contributed by atoms with Crippen molar-refractivity contribution in [3.05, 3.63) is 21.4 Å². The van der Waals surface area contributed by atoms with Crippen LogP contribution in [0.25, 0.3) is 0 Å². The van der Waals surface area contributed by atoms with Crippen LogP contribution in [-0.2, 0) is 0 Å². The standard InChI is InChI=1S/C16H27NOS/c1-11-6-5-7-16(18,9-11)10-17-13(3)15-8-12(2)19-14(15)4/h8,11,13,17-18H,5-7,9-10H2,1-4H3. The lowest BCUT2D eigenvalue weighted by Gasteiger charge is -2.36. The van der Waals surface area contributed by atoms with Gasteiger partial charge in [0.25, 0.3) is 0 Å². The number of thiophene rings is 1. The second-order valence-electron chi connectivity index (χ2n) is 6.40. The summed E-state index contributed by atoms with van der Waals surface area (Å²) in [6.45, 7) is 9.50. The summed E-state index contributed by atoms with van der Waals surface area (Å²) in [5, 5.41) is 14.2. The Balaban J connectivity index is 1.93. The summed E-state index contributed by atoms with van der Waals surface area (Å²) in [6, 6.07) is 2.59. The van der Waals surface area contributed by atoms with E-state index < -0.39 is 5.60 Å². The minimum absolute atomic E-state index is 0.325. The minimum atomic E-state index is -0.495. The number of rotatable bonds is 4. The van der Waals surface area contributed by atoms with Crippen LogP contribution < -0.4 is 5.32 Å². The van der Waals surface area contributed by atoms with Gasteiger partial charge in [0.05, 0.1) is 5.60 Å². The van der Waals surface area contributed by atoms with Crippen molar-refractivity contribution < 1.29 is 5.11 Å². The van der Waals surface area contributed by atoms with Gasteiger partial charge in [0.15, 0.2) is 0 Å². The van der Waals surface area contributed by atoms with Crippen molar-refractivity contribution in [3.63, 3.8) is 0 Å². The van der Waals surface area contributed by atoms with Crippen molar-refractivity contribution >= 4 is 11.3 Å². The number of nitrogens with one attached hydrogen (secondary N) is 1. The van der Waals surface area contributed by atoms with Crippen molar-refractivity contribution in [3.8, 4) is 0 Å². The Kier molecular flexibility index (Phi) is 4.70. The number of aryl methyl sites for hydroxylation is 2. The summed E-state index contributed by atoms with van der Waals surface area (Å²) in [5.74, 6) is 0.654. The summed E-state index contributed by atoms with van der Waals surface area (Å²) in [7, 11) is 0. The van der Waals surface area contributed by atoms with Gasteiger partial charge in [-0.15, -0.1) is 11.3 Å². The maximum atomic E-state index is 10.7. The Morgan fingerprint density at radius 3 is 2.84 bits per heavy atom. The molecular weight excluding hydrogens is 254 g/mol. The van der Waals surface area contributed by atoms with Gasteiger partial charge in [-0.05, 0) is 51.2 Å². The SMILES string of the molecule is Cc1cc(C(C)NCC2(O)CCCC(C)C2)c(C)s1. The van der Waals surface area contributed by atoms with Gasteiger partial charge in [-0.3, -0.25) is 0 Å². The Labute approximate surface area is 121 Å². The average molecular weight is 281 g/mol. The fraction of sp³-hybridized carbons (Fsp3) is 0.750. The Morgan fingerprint density at radius 2 is 2.26 bits per heavy atom. The van der Waals surface area contributed by atoms with Crippen LogP contribution in [-0.4, -0.2) is 17.3 Å². The lowest BCUT2D eigenvalue weighted by atomic mass is 9.79. The van der Waals surface area contributed by atoms with Crippen LogP contribution in [0.1, 0.15) is 60.9 Å². The van der Waals surface area contributed by atoms with Crippen LogP contribution in [0.15, 0.2) is 6.07 Å². The molecule has 3 heteroatoms. The molecule has 1 aliphatic rings. The Morgan fingerprint density at radius 1 is 1.53 bits per heavy atom.